The van der Waals surface area contributed by atoms with Crippen molar-refractivity contribution in [1.82, 2.24) is 5.32 Å². The summed E-state index contributed by atoms with van der Waals surface area (Å²) in [5, 5.41) is 3.61. The molecule has 2 fully saturated rings. The van der Waals surface area contributed by atoms with Gasteiger partial charge in [0.1, 0.15) is 0 Å². The Morgan fingerprint density at radius 2 is 2.24 bits per heavy atom. The third kappa shape index (κ3) is 3.01. The van der Waals surface area contributed by atoms with Crippen LogP contribution in [0.2, 0.25) is 0 Å². The molecule has 0 radical (unpaired) electrons. The minimum atomic E-state index is 0.272. The van der Waals surface area contributed by atoms with Crippen LogP contribution in [0.1, 0.15) is 46.5 Å². The van der Waals surface area contributed by atoms with Gasteiger partial charge in [-0.1, -0.05) is 20.8 Å². The molecule has 1 saturated heterocycles. The predicted molar refractivity (Wildman–Crippen MR) is 69.2 cm³/mol. The second kappa shape index (κ2) is 5.68. The van der Waals surface area contributed by atoms with Crippen molar-refractivity contribution in [2.24, 2.45) is 5.41 Å². The van der Waals surface area contributed by atoms with E-state index >= 15 is 0 Å². The summed E-state index contributed by atoms with van der Waals surface area (Å²) in [5.74, 6) is 0. The van der Waals surface area contributed by atoms with E-state index in [9.17, 15) is 0 Å². The Hall–Kier alpha value is -0.120. The fraction of sp³-hybridized carbons (Fsp3) is 1.00. The van der Waals surface area contributed by atoms with E-state index in [1.807, 2.05) is 0 Å². The molecule has 1 N–H and O–H groups in total. The molecule has 1 heterocycles. The maximum Gasteiger partial charge on any atom is 0.0809 e. The van der Waals surface area contributed by atoms with Gasteiger partial charge >= 0.3 is 0 Å². The topological polar surface area (TPSA) is 30.5 Å². The third-order valence-electron chi connectivity index (χ3n) is 4.33. The number of rotatable bonds is 6. The summed E-state index contributed by atoms with van der Waals surface area (Å²) in [6, 6.07) is 0.622. The van der Waals surface area contributed by atoms with Crippen LogP contribution >= 0.6 is 0 Å². The molecule has 1 saturated carbocycles. The van der Waals surface area contributed by atoms with Crippen molar-refractivity contribution in [2.45, 2.75) is 64.7 Å². The lowest BCUT2D eigenvalue weighted by Crippen LogP contribution is -2.61. The van der Waals surface area contributed by atoms with E-state index in [0.29, 0.717) is 18.2 Å². The van der Waals surface area contributed by atoms with Gasteiger partial charge in [-0.2, -0.15) is 0 Å². The zero-order chi connectivity index (χ0) is 12.3. The standard InChI is InChI=1S/C14H27NO2/c1-4-7-15-12-9-13(14(12,2)3)17-10-11-6-5-8-16-11/h11-13,15H,4-10H2,1-3H3. The Labute approximate surface area is 105 Å². The van der Waals surface area contributed by atoms with E-state index in [4.69, 9.17) is 9.47 Å². The highest BCUT2D eigenvalue weighted by Crippen LogP contribution is 2.42. The highest BCUT2D eigenvalue weighted by Gasteiger charge is 2.48. The van der Waals surface area contributed by atoms with Crippen molar-refractivity contribution in [3.05, 3.63) is 0 Å². The lowest BCUT2D eigenvalue weighted by Gasteiger charge is -2.52. The zero-order valence-electron chi connectivity index (χ0n) is 11.5. The van der Waals surface area contributed by atoms with Gasteiger partial charge < -0.3 is 14.8 Å². The van der Waals surface area contributed by atoms with E-state index in [0.717, 1.165) is 26.2 Å². The van der Waals surface area contributed by atoms with Gasteiger partial charge in [-0.05, 0) is 32.2 Å². The molecule has 17 heavy (non-hydrogen) atoms. The Bertz CT molecular complexity index is 236. The van der Waals surface area contributed by atoms with Crippen LogP contribution in [0, 0.1) is 5.41 Å². The largest absolute Gasteiger partial charge is 0.376 e. The first-order valence-electron chi connectivity index (χ1n) is 7.11. The highest BCUT2D eigenvalue weighted by atomic mass is 16.5. The van der Waals surface area contributed by atoms with Gasteiger partial charge in [0.15, 0.2) is 0 Å². The summed E-state index contributed by atoms with van der Waals surface area (Å²) in [6.07, 6.45) is 5.48. The molecule has 0 spiro atoms. The SMILES string of the molecule is CCCNC1CC(OCC2CCCO2)C1(C)C. The molecule has 1 aliphatic carbocycles. The number of nitrogens with one attached hydrogen (secondary N) is 1. The smallest absolute Gasteiger partial charge is 0.0809 e. The van der Waals surface area contributed by atoms with Gasteiger partial charge in [0.2, 0.25) is 0 Å². The highest BCUT2D eigenvalue weighted by molar-refractivity contribution is 5.02. The molecule has 3 unspecified atom stereocenters. The van der Waals surface area contributed by atoms with Gasteiger partial charge in [0, 0.05) is 18.1 Å². The molecule has 0 amide bonds. The van der Waals surface area contributed by atoms with E-state index in [-0.39, 0.29) is 5.41 Å². The maximum absolute atomic E-state index is 6.02. The fourth-order valence-corrected chi connectivity index (χ4v) is 2.83. The predicted octanol–water partition coefficient (Wildman–Crippen LogP) is 2.35. The van der Waals surface area contributed by atoms with Crippen molar-refractivity contribution in [3.63, 3.8) is 0 Å². The molecular weight excluding hydrogens is 214 g/mol. The first-order chi connectivity index (χ1) is 8.14. The summed E-state index contributed by atoms with van der Waals surface area (Å²) in [5.41, 5.74) is 0.272. The molecule has 3 heteroatoms. The fourth-order valence-electron chi connectivity index (χ4n) is 2.83. The summed E-state index contributed by atoms with van der Waals surface area (Å²) < 4.78 is 11.6. The summed E-state index contributed by atoms with van der Waals surface area (Å²) in [7, 11) is 0. The van der Waals surface area contributed by atoms with Crippen molar-refractivity contribution in [2.75, 3.05) is 19.8 Å². The first-order valence-corrected chi connectivity index (χ1v) is 7.11. The molecule has 0 bridgehead atoms. The molecule has 0 aromatic carbocycles. The average Bonchev–Trinajstić information content (AvgIpc) is 2.80. The third-order valence-corrected chi connectivity index (χ3v) is 4.33. The van der Waals surface area contributed by atoms with Crippen LogP contribution in [0.4, 0.5) is 0 Å². The Balaban J connectivity index is 1.69. The van der Waals surface area contributed by atoms with Crippen molar-refractivity contribution >= 4 is 0 Å². The Kier molecular flexibility index (Phi) is 4.45. The van der Waals surface area contributed by atoms with Crippen LogP contribution in [-0.2, 0) is 9.47 Å². The van der Waals surface area contributed by atoms with Crippen LogP contribution in [0.5, 0.6) is 0 Å². The number of hydrogen-bond donors (Lipinski definition) is 1. The van der Waals surface area contributed by atoms with Gasteiger partial charge in [0.05, 0.1) is 18.8 Å². The van der Waals surface area contributed by atoms with Crippen LogP contribution in [0.25, 0.3) is 0 Å². The monoisotopic (exact) mass is 241 g/mol. The Morgan fingerprint density at radius 1 is 1.41 bits per heavy atom. The van der Waals surface area contributed by atoms with Crippen LogP contribution in [-0.4, -0.2) is 38.0 Å². The molecule has 0 aromatic rings. The molecule has 1 aliphatic heterocycles. The van der Waals surface area contributed by atoms with E-state index in [1.54, 1.807) is 0 Å². The second-order valence-corrected chi connectivity index (χ2v) is 6.02. The zero-order valence-corrected chi connectivity index (χ0v) is 11.5. The van der Waals surface area contributed by atoms with Gasteiger partial charge in [-0.15, -0.1) is 0 Å². The molecule has 100 valence electrons. The van der Waals surface area contributed by atoms with Gasteiger partial charge in [0.25, 0.3) is 0 Å². The minimum Gasteiger partial charge on any atom is -0.376 e. The summed E-state index contributed by atoms with van der Waals surface area (Å²) in [6.45, 7) is 9.65. The average molecular weight is 241 g/mol. The lowest BCUT2D eigenvalue weighted by atomic mass is 9.64. The van der Waals surface area contributed by atoms with Gasteiger partial charge in [-0.25, -0.2) is 0 Å². The summed E-state index contributed by atoms with van der Waals surface area (Å²) >= 11 is 0. The van der Waals surface area contributed by atoms with E-state index in [1.165, 1.54) is 19.3 Å². The van der Waals surface area contributed by atoms with Crippen molar-refractivity contribution < 1.29 is 9.47 Å². The summed E-state index contributed by atoms with van der Waals surface area (Å²) in [4.78, 5) is 0. The normalized spacial score (nSPS) is 35.8. The van der Waals surface area contributed by atoms with Crippen LogP contribution < -0.4 is 5.32 Å². The quantitative estimate of drug-likeness (QED) is 0.774. The lowest BCUT2D eigenvalue weighted by molar-refractivity contribution is -0.135. The molecule has 2 aliphatic rings. The second-order valence-electron chi connectivity index (χ2n) is 6.02. The van der Waals surface area contributed by atoms with E-state index in [2.05, 4.69) is 26.1 Å². The molecule has 0 aromatic heterocycles. The number of ether oxygens (including phenoxy) is 2. The van der Waals surface area contributed by atoms with E-state index < -0.39 is 0 Å². The maximum atomic E-state index is 6.02. The Morgan fingerprint density at radius 3 is 2.82 bits per heavy atom. The van der Waals surface area contributed by atoms with Crippen molar-refractivity contribution in [3.8, 4) is 0 Å². The molecular formula is C14H27NO2. The van der Waals surface area contributed by atoms with Crippen LogP contribution in [0.15, 0.2) is 0 Å². The van der Waals surface area contributed by atoms with Crippen molar-refractivity contribution in [1.29, 1.82) is 0 Å². The van der Waals surface area contributed by atoms with Gasteiger partial charge in [-0.3, -0.25) is 0 Å². The number of hydrogen-bond acceptors (Lipinski definition) is 3. The molecule has 2 rings (SSSR count). The van der Waals surface area contributed by atoms with Crippen LogP contribution in [0.3, 0.4) is 0 Å². The molecule has 3 atom stereocenters. The first kappa shape index (κ1) is 13.3. The molecule has 3 nitrogen and oxygen atoms in total. The minimum absolute atomic E-state index is 0.272.